The van der Waals surface area contributed by atoms with Crippen LogP contribution in [0.1, 0.15) is 35.7 Å². The van der Waals surface area contributed by atoms with Crippen molar-refractivity contribution in [3.8, 4) is 0 Å². The van der Waals surface area contributed by atoms with Crippen LogP contribution in [0.25, 0.3) is 5.65 Å². The lowest BCUT2D eigenvalue weighted by Gasteiger charge is -2.33. The molecule has 0 amide bonds. The van der Waals surface area contributed by atoms with Crippen molar-refractivity contribution in [3.05, 3.63) is 65.1 Å². The van der Waals surface area contributed by atoms with Crippen molar-refractivity contribution in [1.29, 1.82) is 0 Å². The highest BCUT2D eigenvalue weighted by Gasteiger charge is 2.24. The minimum Gasteiger partial charge on any atom is -0.298 e. The topological polar surface area (TPSA) is 33.4 Å². The molecule has 0 bridgehead atoms. The summed E-state index contributed by atoms with van der Waals surface area (Å²) < 4.78 is 28.5. The molecule has 25 heavy (non-hydrogen) atoms. The van der Waals surface area contributed by atoms with Gasteiger partial charge < -0.3 is 0 Å². The number of hydrogen-bond donors (Lipinski definition) is 0. The molecule has 2 aromatic heterocycles. The number of aryl methyl sites for hydroxylation is 1. The van der Waals surface area contributed by atoms with Crippen molar-refractivity contribution in [2.45, 2.75) is 32.2 Å². The average molecular weight is 342 g/mol. The smallest absolute Gasteiger partial charge is 0.159 e. The van der Waals surface area contributed by atoms with Gasteiger partial charge in [-0.05, 0) is 50.1 Å². The van der Waals surface area contributed by atoms with Crippen molar-refractivity contribution in [1.82, 2.24) is 19.5 Å². The fourth-order valence-corrected chi connectivity index (χ4v) is 3.67. The fourth-order valence-electron chi connectivity index (χ4n) is 3.67. The van der Waals surface area contributed by atoms with Gasteiger partial charge in [0.25, 0.3) is 0 Å². The van der Waals surface area contributed by atoms with E-state index in [0.29, 0.717) is 12.5 Å². The average Bonchev–Trinajstić information content (AvgIpc) is 2.98. The molecule has 0 N–H and O–H groups in total. The number of likely N-dealkylation sites (tertiary alicyclic amines) is 1. The zero-order valence-corrected chi connectivity index (χ0v) is 14.1. The first-order chi connectivity index (χ1) is 12.1. The molecule has 1 unspecified atom stereocenters. The van der Waals surface area contributed by atoms with Gasteiger partial charge in [0.05, 0.1) is 11.4 Å². The summed E-state index contributed by atoms with van der Waals surface area (Å²) in [6.07, 6.45) is 3.99. The summed E-state index contributed by atoms with van der Waals surface area (Å²) in [5, 5.41) is 4.56. The molecule has 0 saturated carbocycles. The lowest BCUT2D eigenvalue weighted by atomic mass is 9.94. The maximum absolute atomic E-state index is 13.4. The molecule has 4 nitrogen and oxygen atoms in total. The molecule has 1 aromatic carbocycles. The molecule has 0 aliphatic carbocycles. The molecule has 1 aliphatic rings. The fraction of sp³-hybridized carbons (Fsp3) is 0.368. The number of aromatic nitrogens is 3. The van der Waals surface area contributed by atoms with Gasteiger partial charge in [0.15, 0.2) is 17.3 Å². The Balaban J connectivity index is 1.55. The van der Waals surface area contributed by atoms with Gasteiger partial charge in [0.2, 0.25) is 0 Å². The molecule has 4 rings (SSSR count). The summed E-state index contributed by atoms with van der Waals surface area (Å²) in [7, 11) is 0. The van der Waals surface area contributed by atoms with E-state index in [9.17, 15) is 8.78 Å². The Morgan fingerprint density at radius 3 is 2.88 bits per heavy atom. The Bertz CT molecular complexity index is 906. The predicted molar refractivity (Wildman–Crippen MR) is 91.3 cm³/mol. The van der Waals surface area contributed by atoms with E-state index in [4.69, 9.17) is 0 Å². The summed E-state index contributed by atoms with van der Waals surface area (Å²) in [6.45, 7) is 4.42. The second-order valence-corrected chi connectivity index (χ2v) is 6.75. The Labute approximate surface area is 145 Å². The second-order valence-electron chi connectivity index (χ2n) is 6.75. The SMILES string of the molecule is Cc1cc2nccc(C3CCCN(Cc4ccc(F)c(F)c4)C3)n2n1. The standard InChI is InChI=1S/C19H20F2N4/c1-13-9-19-22-7-6-18(25(19)23-13)15-3-2-8-24(12-15)11-14-4-5-16(20)17(21)10-14/h4-7,9-10,15H,2-3,8,11-12H2,1H3. The van der Waals surface area contributed by atoms with Gasteiger partial charge in [-0.15, -0.1) is 0 Å². The van der Waals surface area contributed by atoms with Crippen LogP contribution in [0.15, 0.2) is 36.5 Å². The quantitative estimate of drug-likeness (QED) is 0.728. The van der Waals surface area contributed by atoms with E-state index in [-0.39, 0.29) is 0 Å². The highest BCUT2D eigenvalue weighted by atomic mass is 19.2. The van der Waals surface area contributed by atoms with Gasteiger partial charge >= 0.3 is 0 Å². The molecule has 130 valence electrons. The molecular formula is C19H20F2N4. The van der Waals surface area contributed by atoms with Crippen molar-refractivity contribution in [2.75, 3.05) is 13.1 Å². The Hall–Kier alpha value is -2.34. The minimum absolute atomic E-state index is 0.351. The number of nitrogens with zero attached hydrogens (tertiary/aromatic N) is 4. The summed E-state index contributed by atoms with van der Waals surface area (Å²) in [4.78, 5) is 6.67. The number of rotatable bonds is 3. The molecule has 1 fully saturated rings. The second kappa shape index (κ2) is 6.52. The number of fused-ring (bicyclic) bond motifs is 1. The number of halogens is 2. The number of piperidine rings is 1. The first-order valence-corrected chi connectivity index (χ1v) is 8.58. The van der Waals surface area contributed by atoms with Crippen LogP contribution in [0.2, 0.25) is 0 Å². The molecular weight excluding hydrogens is 322 g/mol. The van der Waals surface area contributed by atoms with Crippen molar-refractivity contribution in [2.24, 2.45) is 0 Å². The number of benzene rings is 1. The van der Waals surface area contributed by atoms with Gasteiger partial charge in [0, 0.05) is 31.3 Å². The zero-order valence-electron chi connectivity index (χ0n) is 14.1. The lowest BCUT2D eigenvalue weighted by Crippen LogP contribution is -2.34. The van der Waals surface area contributed by atoms with E-state index in [0.717, 1.165) is 48.5 Å². The number of hydrogen-bond acceptors (Lipinski definition) is 3. The van der Waals surface area contributed by atoms with E-state index >= 15 is 0 Å². The van der Waals surface area contributed by atoms with E-state index in [1.165, 1.54) is 12.1 Å². The minimum atomic E-state index is -0.798. The zero-order chi connectivity index (χ0) is 17.4. The van der Waals surface area contributed by atoms with Gasteiger partial charge in [-0.2, -0.15) is 5.10 Å². The van der Waals surface area contributed by atoms with E-state index in [2.05, 4.69) is 15.0 Å². The van der Waals surface area contributed by atoms with Crippen LogP contribution >= 0.6 is 0 Å². The summed E-state index contributed by atoms with van der Waals surface area (Å²) in [5.41, 5.74) is 3.78. The third kappa shape index (κ3) is 3.26. The predicted octanol–water partition coefficient (Wildman–Crippen LogP) is 3.70. The molecule has 0 radical (unpaired) electrons. The first kappa shape index (κ1) is 16.1. The van der Waals surface area contributed by atoms with Crippen molar-refractivity contribution >= 4 is 5.65 Å². The third-order valence-corrected chi connectivity index (χ3v) is 4.82. The van der Waals surface area contributed by atoms with Crippen LogP contribution < -0.4 is 0 Å². The molecule has 3 aromatic rings. The van der Waals surface area contributed by atoms with Crippen LogP contribution in [0, 0.1) is 18.6 Å². The summed E-state index contributed by atoms with van der Waals surface area (Å²) >= 11 is 0. The van der Waals surface area contributed by atoms with Crippen molar-refractivity contribution in [3.63, 3.8) is 0 Å². The van der Waals surface area contributed by atoms with E-state index in [1.54, 1.807) is 6.07 Å². The van der Waals surface area contributed by atoms with E-state index in [1.807, 2.05) is 29.8 Å². The maximum atomic E-state index is 13.4. The molecule has 1 atom stereocenters. The summed E-state index contributed by atoms with van der Waals surface area (Å²) in [5.74, 6) is -1.23. The molecule has 3 heterocycles. The Morgan fingerprint density at radius 2 is 2.04 bits per heavy atom. The molecule has 0 spiro atoms. The van der Waals surface area contributed by atoms with Crippen LogP contribution in [0.5, 0.6) is 0 Å². The third-order valence-electron chi connectivity index (χ3n) is 4.82. The van der Waals surface area contributed by atoms with Gasteiger partial charge in [-0.25, -0.2) is 18.3 Å². The lowest BCUT2D eigenvalue weighted by molar-refractivity contribution is 0.197. The normalized spacial score (nSPS) is 18.8. The van der Waals surface area contributed by atoms with E-state index < -0.39 is 11.6 Å². The largest absolute Gasteiger partial charge is 0.298 e. The summed E-state index contributed by atoms with van der Waals surface area (Å²) in [6, 6.07) is 8.16. The van der Waals surface area contributed by atoms with Gasteiger partial charge in [-0.1, -0.05) is 6.07 Å². The highest BCUT2D eigenvalue weighted by Crippen LogP contribution is 2.28. The van der Waals surface area contributed by atoms with Crippen LogP contribution in [-0.4, -0.2) is 32.6 Å². The van der Waals surface area contributed by atoms with Gasteiger partial charge in [0.1, 0.15) is 0 Å². The van der Waals surface area contributed by atoms with Crippen molar-refractivity contribution < 1.29 is 8.78 Å². The Kier molecular flexibility index (Phi) is 4.21. The first-order valence-electron chi connectivity index (χ1n) is 8.58. The Morgan fingerprint density at radius 1 is 1.16 bits per heavy atom. The molecule has 6 heteroatoms. The van der Waals surface area contributed by atoms with Crippen LogP contribution in [0.4, 0.5) is 8.78 Å². The monoisotopic (exact) mass is 342 g/mol. The molecule has 1 aliphatic heterocycles. The highest BCUT2D eigenvalue weighted by molar-refractivity contribution is 5.40. The van der Waals surface area contributed by atoms with Crippen LogP contribution in [-0.2, 0) is 6.54 Å². The molecule has 1 saturated heterocycles. The van der Waals surface area contributed by atoms with Crippen LogP contribution in [0.3, 0.4) is 0 Å². The maximum Gasteiger partial charge on any atom is 0.159 e. The van der Waals surface area contributed by atoms with Gasteiger partial charge in [-0.3, -0.25) is 4.90 Å².